The van der Waals surface area contributed by atoms with Gasteiger partial charge in [-0.1, -0.05) is 6.07 Å². The molecular weight excluding hydrogens is 227 g/mol. The van der Waals surface area contributed by atoms with Crippen molar-refractivity contribution in [2.45, 2.75) is 19.4 Å². The fraction of sp³-hybridized carbons (Fsp3) is 0.273. The Labute approximate surface area is 97.4 Å². The minimum absolute atomic E-state index is 0.0840. The summed E-state index contributed by atoms with van der Waals surface area (Å²) in [6.07, 6.45) is 0. The van der Waals surface area contributed by atoms with E-state index in [4.69, 9.17) is 10.8 Å². The number of hydrogen-bond acceptors (Lipinski definition) is 3. The van der Waals surface area contributed by atoms with E-state index < -0.39 is 23.2 Å². The fourth-order valence-electron chi connectivity index (χ4n) is 1.14. The number of nitrogens with one attached hydrogen (secondary N) is 1. The van der Waals surface area contributed by atoms with Crippen LogP contribution in [0.1, 0.15) is 24.2 Å². The van der Waals surface area contributed by atoms with Crippen molar-refractivity contribution >= 4 is 17.6 Å². The van der Waals surface area contributed by atoms with E-state index in [1.54, 1.807) is 0 Å². The van der Waals surface area contributed by atoms with Gasteiger partial charge in [0, 0.05) is 0 Å². The number of para-hydroxylation sites is 1. The van der Waals surface area contributed by atoms with Gasteiger partial charge < -0.3 is 16.2 Å². The summed E-state index contributed by atoms with van der Waals surface area (Å²) in [5.41, 5.74) is 3.56. The van der Waals surface area contributed by atoms with Crippen LogP contribution in [0.25, 0.3) is 0 Å². The summed E-state index contributed by atoms with van der Waals surface area (Å²) < 4.78 is 13.1. The molecule has 0 bridgehead atoms. The Hall–Kier alpha value is -2.11. The van der Waals surface area contributed by atoms with Crippen molar-refractivity contribution in [2.75, 3.05) is 5.73 Å². The van der Waals surface area contributed by atoms with Crippen LogP contribution in [0.3, 0.4) is 0 Å². The van der Waals surface area contributed by atoms with E-state index in [1.165, 1.54) is 26.0 Å². The highest BCUT2D eigenvalue weighted by atomic mass is 19.1. The zero-order chi connectivity index (χ0) is 13.2. The molecule has 0 saturated carbocycles. The van der Waals surface area contributed by atoms with Crippen LogP contribution in [0.5, 0.6) is 0 Å². The van der Waals surface area contributed by atoms with Crippen molar-refractivity contribution in [1.82, 2.24) is 5.32 Å². The predicted octanol–water partition coefficient (Wildman–Crippen LogP) is 1.00. The number of carboxylic acid groups (broad SMARTS) is 1. The second kappa shape index (κ2) is 4.40. The first-order valence-corrected chi connectivity index (χ1v) is 4.85. The normalized spacial score (nSPS) is 11.0. The molecule has 92 valence electrons. The Balaban J connectivity index is 2.99. The minimum Gasteiger partial charge on any atom is -0.480 e. The van der Waals surface area contributed by atoms with Gasteiger partial charge in [0.2, 0.25) is 0 Å². The van der Waals surface area contributed by atoms with Gasteiger partial charge in [-0.2, -0.15) is 0 Å². The monoisotopic (exact) mass is 240 g/mol. The van der Waals surface area contributed by atoms with E-state index in [0.717, 1.165) is 6.07 Å². The third-order valence-corrected chi connectivity index (χ3v) is 2.26. The lowest BCUT2D eigenvalue weighted by Gasteiger charge is -2.21. The molecule has 0 saturated heterocycles. The van der Waals surface area contributed by atoms with Gasteiger partial charge in [-0.15, -0.1) is 0 Å². The van der Waals surface area contributed by atoms with Crippen molar-refractivity contribution in [3.8, 4) is 0 Å². The number of hydrogen-bond donors (Lipinski definition) is 3. The predicted molar refractivity (Wildman–Crippen MR) is 60.0 cm³/mol. The molecule has 0 aliphatic rings. The van der Waals surface area contributed by atoms with Crippen molar-refractivity contribution < 1.29 is 19.1 Å². The smallest absolute Gasteiger partial charge is 0.328 e. The minimum atomic E-state index is -1.45. The molecule has 0 aliphatic carbocycles. The van der Waals surface area contributed by atoms with E-state index in [1.807, 2.05) is 0 Å². The van der Waals surface area contributed by atoms with Crippen LogP contribution in [0.2, 0.25) is 0 Å². The quantitative estimate of drug-likeness (QED) is 0.687. The lowest BCUT2D eigenvalue weighted by atomic mass is 10.0. The van der Waals surface area contributed by atoms with E-state index >= 15 is 0 Å². The van der Waals surface area contributed by atoms with Gasteiger partial charge in [0.1, 0.15) is 11.4 Å². The standard InChI is InChI=1S/C11H13FN2O3/c1-11(2,10(16)17)14-9(15)6-4-3-5-7(12)8(6)13/h3-5H,13H2,1-2H3,(H,14,15)(H,16,17). The number of carbonyl (C=O) groups excluding carboxylic acids is 1. The average molecular weight is 240 g/mol. The van der Waals surface area contributed by atoms with Crippen molar-refractivity contribution in [1.29, 1.82) is 0 Å². The molecule has 1 aromatic carbocycles. The number of halogens is 1. The summed E-state index contributed by atoms with van der Waals surface area (Å²) in [6.45, 7) is 2.64. The molecule has 0 heterocycles. The summed E-state index contributed by atoms with van der Waals surface area (Å²) in [4.78, 5) is 22.5. The van der Waals surface area contributed by atoms with Crippen molar-refractivity contribution in [3.05, 3.63) is 29.6 Å². The molecular formula is C11H13FN2O3. The molecule has 0 aromatic heterocycles. The van der Waals surface area contributed by atoms with Crippen LogP contribution >= 0.6 is 0 Å². The molecule has 17 heavy (non-hydrogen) atoms. The molecule has 0 radical (unpaired) electrons. The number of rotatable bonds is 3. The van der Waals surface area contributed by atoms with E-state index in [2.05, 4.69) is 5.32 Å². The number of aliphatic carboxylic acids is 1. The SMILES string of the molecule is CC(C)(NC(=O)c1cccc(F)c1N)C(=O)O. The summed E-state index contributed by atoms with van der Waals surface area (Å²) in [6, 6.07) is 3.77. The molecule has 6 heteroatoms. The van der Waals surface area contributed by atoms with Gasteiger partial charge in [0.15, 0.2) is 0 Å². The number of carbonyl (C=O) groups is 2. The third kappa shape index (κ3) is 2.72. The van der Waals surface area contributed by atoms with Gasteiger partial charge in [0.25, 0.3) is 5.91 Å². The Kier molecular flexibility index (Phi) is 3.36. The van der Waals surface area contributed by atoms with Crippen LogP contribution in [-0.4, -0.2) is 22.5 Å². The van der Waals surface area contributed by atoms with Gasteiger partial charge in [0.05, 0.1) is 11.3 Å². The molecule has 0 aliphatic heterocycles. The van der Waals surface area contributed by atoms with Gasteiger partial charge in [-0.25, -0.2) is 9.18 Å². The molecule has 0 spiro atoms. The second-order valence-electron chi connectivity index (χ2n) is 4.09. The summed E-state index contributed by atoms with van der Waals surface area (Å²) in [7, 11) is 0. The molecule has 0 fully saturated rings. The van der Waals surface area contributed by atoms with Crippen LogP contribution in [0, 0.1) is 5.82 Å². The number of anilines is 1. The summed E-state index contributed by atoms with van der Waals surface area (Å²) in [5.74, 6) is -2.64. The lowest BCUT2D eigenvalue weighted by molar-refractivity contribution is -0.143. The maximum Gasteiger partial charge on any atom is 0.328 e. The molecule has 1 aromatic rings. The number of benzene rings is 1. The number of nitrogens with two attached hydrogens (primary N) is 1. The highest BCUT2D eigenvalue weighted by Gasteiger charge is 2.30. The molecule has 0 atom stereocenters. The van der Waals surface area contributed by atoms with Crippen molar-refractivity contribution in [3.63, 3.8) is 0 Å². The fourth-order valence-corrected chi connectivity index (χ4v) is 1.14. The topological polar surface area (TPSA) is 92.4 Å². The molecule has 0 unspecified atom stereocenters. The van der Waals surface area contributed by atoms with Crippen molar-refractivity contribution in [2.24, 2.45) is 0 Å². The Bertz CT molecular complexity index is 472. The van der Waals surface area contributed by atoms with Gasteiger partial charge in [-0.05, 0) is 26.0 Å². The molecule has 5 nitrogen and oxygen atoms in total. The maximum absolute atomic E-state index is 13.1. The largest absolute Gasteiger partial charge is 0.480 e. The molecule has 1 rings (SSSR count). The number of carboxylic acids is 1. The van der Waals surface area contributed by atoms with E-state index in [-0.39, 0.29) is 11.3 Å². The van der Waals surface area contributed by atoms with Crippen LogP contribution in [0.4, 0.5) is 10.1 Å². The Morgan fingerprint density at radius 1 is 1.41 bits per heavy atom. The van der Waals surface area contributed by atoms with Gasteiger partial charge >= 0.3 is 5.97 Å². The van der Waals surface area contributed by atoms with Gasteiger partial charge in [-0.3, -0.25) is 4.79 Å². The first-order valence-electron chi connectivity index (χ1n) is 4.85. The van der Waals surface area contributed by atoms with Crippen LogP contribution in [-0.2, 0) is 4.79 Å². The summed E-state index contributed by atoms with van der Waals surface area (Å²) >= 11 is 0. The van der Waals surface area contributed by atoms with Crippen LogP contribution < -0.4 is 11.1 Å². The van der Waals surface area contributed by atoms with Crippen LogP contribution in [0.15, 0.2) is 18.2 Å². The second-order valence-corrected chi connectivity index (χ2v) is 4.09. The maximum atomic E-state index is 13.1. The molecule has 4 N–H and O–H groups in total. The van der Waals surface area contributed by atoms with E-state index in [0.29, 0.717) is 0 Å². The third-order valence-electron chi connectivity index (χ3n) is 2.26. The first kappa shape index (κ1) is 13.0. The zero-order valence-corrected chi connectivity index (χ0v) is 9.45. The lowest BCUT2D eigenvalue weighted by Crippen LogP contribution is -2.49. The first-order chi connectivity index (χ1) is 7.75. The number of amides is 1. The summed E-state index contributed by atoms with van der Waals surface area (Å²) in [5, 5.41) is 11.1. The van der Waals surface area contributed by atoms with E-state index in [9.17, 15) is 14.0 Å². The Morgan fingerprint density at radius 2 is 2.00 bits per heavy atom. The molecule has 1 amide bonds. The average Bonchev–Trinajstić information content (AvgIpc) is 2.21. The highest BCUT2D eigenvalue weighted by molar-refractivity contribution is 6.01. The highest BCUT2D eigenvalue weighted by Crippen LogP contribution is 2.16. The zero-order valence-electron chi connectivity index (χ0n) is 9.45. The Morgan fingerprint density at radius 3 is 2.53 bits per heavy atom. The number of nitrogen functional groups attached to an aromatic ring is 1.